The zero-order chi connectivity index (χ0) is 32.5. The molecule has 244 valence electrons. The number of anilines is 1. The molecule has 1 aromatic heterocycles. The van der Waals surface area contributed by atoms with Gasteiger partial charge < -0.3 is 20.5 Å². The van der Waals surface area contributed by atoms with Crippen molar-refractivity contribution < 1.29 is 23.1 Å². The first-order valence-electron chi connectivity index (χ1n) is 15.5. The number of ether oxygens (including phenoxy) is 1. The molecular weight excluding hydrogens is 611 g/mol. The summed E-state index contributed by atoms with van der Waals surface area (Å²) in [5, 5.41) is 20.7. The van der Waals surface area contributed by atoms with E-state index in [1.165, 1.54) is 11.3 Å². The number of thiazole rings is 1. The van der Waals surface area contributed by atoms with E-state index >= 15 is 0 Å². The average Bonchev–Trinajstić information content (AvgIpc) is 3.47. The lowest BCUT2D eigenvalue weighted by Gasteiger charge is -2.52. The van der Waals surface area contributed by atoms with E-state index in [1.807, 2.05) is 44.2 Å². The fraction of sp³-hybridized carbons (Fsp3) is 0.515. The van der Waals surface area contributed by atoms with E-state index in [9.17, 15) is 18.3 Å². The predicted molar refractivity (Wildman–Crippen MR) is 177 cm³/mol. The van der Waals surface area contributed by atoms with Crippen molar-refractivity contribution >= 4 is 33.1 Å². The maximum atomic E-state index is 13.7. The standard InChI is InChI=1S/C33H45N5O5S2/c1-22(2)43-30(40)37-33-16-13-32(14-17-33,15-18-33)28-34-21-26(44-28)25-12-11-24(19-27(25)45(41,42)38-31(3,4)5)36-29(39)35-20-23-9-7-6-8-10-23/h6-12,19,21-22,29,35-36,38-39H,13-18,20H2,1-5H3,(H,37,40). The van der Waals surface area contributed by atoms with E-state index in [2.05, 4.69) is 20.7 Å². The van der Waals surface area contributed by atoms with Gasteiger partial charge in [0.1, 0.15) is 0 Å². The fourth-order valence-corrected chi connectivity index (χ4v) is 9.27. The summed E-state index contributed by atoms with van der Waals surface area (Å²) in [6, 6.07) is 14.8. The van der Waals surface area contributed by atoms with Gasteiger partial charge in [-0.05, 0) is 90.8 Å². The Bertz CT molecular complexity index is 1580. The Morgan fingerprint density at radius 1 is 1.04 bits per heavy atom. The Morgan fingerprint density at radius 2 is 1.71 bits per heavy atom. The number of aliphatic hydroxyl groups excluding tert-OH is 1. The second-order valence-electron chi connectivity index (χ2n) is 13.6. The van der Waals surface area contributed by atoms with Crippen molar-refractivity contribution in [3.63, 3.8) is 0 Å². The van der Waals surface area contributed by atoms with Gasteiger partial charge in [0.15, 0.2) is 6.35 Å². The molecular formula is C33H45N5O5S2. The van der Waals surface area contributed by atoms with Gasteiger partial charge in [-0.25, -0.2) is 22.9 Å². The minimum absolute atomic E-state index is 0.0903. The maximum Gasteiger partial charge on any atom is 0.407 e. The van der Waals surface area contributed by atoms with Crippen molar-refractivity contribution in [2.24, 2.45) is 0 Å². The van der Waals surface area contributed by atoms with Gasteiger partial charge in [-0.1, -0.05) is 36.4 Å². The van der Waals surface area contributed by atoms with Gasteiger partial charge in [-0.3, -0.25) is 5.32 Å². The van der Waals surface area contributed by atoms with Crippen LogP contribution in [0.5, 0.6) is 0 Å². The van der Waals surface area contributed by atoms with Crippen LogP contribution in [-0.4, -0.2) is 48.1 Å². The lowest BCUT2D eigenvalue weighted by atomic mass is 9.57. The number of aromatic nitrogens is 1. The summed E-state index contributed by atoms with van der Waals surface area (Å²) >= 11 is 1.54. The molecule has 0 aliphatic heterocycles. The minimum Gasteiger partial charge on any atom is -0.447 e. The molecule has 12 heteroatoms. The van der Waals surface area contributed by atoms with Crippen molar-refractivity contribution in [1.82, 2.24) is 20.3 Å². The lowest BCUT2D eigenvalue weighted by Crippen LogP contribution is -2.58. The van der Waals surface area contributed by atoms with Crippen molar-refractivity contribution in [2.45, 2.75) is 114 Å². The van der Waals surface area contributed by atoms with Crippen LogP contribution in [-0.2, 0) is 26.7 Å². The average molecular weight is 656 g/mol. The Kier molecular flexibility index (Phi) is 9.63. The van der Waals surface area contributed by atoms with Gasteiger partial charge in [-0.2, -0.15) is 0 Å². The van der Waals surface area contributed by atoms with Gasteiger partial charge in [-0.15, -0.1) is 11.3 Å². The molecule has 1 heterocycles. The highest BCUT2D eigenvalue weighted by Crippen LogP contribution is 2.55. The number of hydrogen-bond donors (Lipinski definition) is 5. The van der Waals surface area contributed by atoms with Crippen LogP contribution < -0.4 is 20.7 Å². The fourth-order valence-electron chi connectivity index (χ4n) is 6.31. The number of hydrogen-bond acceptors (Lipinski definition) is 9. The Balaban J connectivity index is 1.36. The molecule has 3 aliphatic rings. The Labute approximate surface area is 270 Å². The molecule has 1 amide bonds. The monoisotopic (exact) mass is 655 g/mol. The molecule has 3 aliphatic carbocycles. The van der Waals surface area contributed by atoms with Gasteiger partial charge in [0.25, 0.3) is 0 Å². The molecule has 0 radical (unpaired) electrons. The summed E-state index contributed by atoms with van der Waals surface area (Å²) in [5.41, 5.74) is 1.01. The summed E-state index contributed by atoms with van der Waals surface area (Å²) in [7, 11) is -3.93. The van der Waals surface area contributed by atoms with Gasteiger partial charge in [0.2, 0.25) is 10.0 Å². The van der Waals surface area contributed by atoms with Crippen LogP contribution in [0.25, 0.3) is 10.4 Å². The van der Waals surface area contributed by atoms with Crippen LogP contribution >= 0.6 is 11.3 Å². The molecule has 0 spiro atoms. The third-order valence-electron chi connectivity index (χ3n) is 8.54. The summed E-state index contributed by atoms with van der Waals surface area (Å²) in [5.74, 6) is 0. The number of nitrogens with zero attached hydrogens (tertiary/aromatic N) is 1. The van der Waals surface area contributed by atoms with Crippen molar-refractivity contribution in [3.8, 4) is 10.4 Å². The number of benzene rings is 2. The largest absolute Gasteiger partial charge is 0.447 e. The molecule has 6 rings (SSSR count). The van der Waals surface area contributed by atoms with E-state index in [4.69, 9.17) is 9.72 Å². The predicted octanol–water partition coefficient (Wildman–Crippen LogP) is 5.84. The summed E-state index contributed by atoms with van der Waals surface area (Å²) in [6.07, 6.45) is 5.41. The highest BCUT2D eigenvalue weighted by atomic mass is 32.2. The smallest absolute Gasteiger partial charge is 0.407 e. The van der Waals surface area contributed by atoms with Gasteiger partial charge in [0.05, 0.1) is 20.9 Å². The quantitative estimate of drug-likeness (QED) is 0.162. The second kappa shape index (κ2) is 13.0. The number of carbonyl (C=O) groups is 1. The first kappa shape index (κ1) is 33.3. The summed E-state index contributed by atoms with van der Waals surface area (Å²) in [6.45, 7) is 9.54. The molecule has 2 bridgehead atoms. The topological polar surface area (TPSA) is 142 Å². The number of alkyl carbamates (subject to hydrolysis) is 1. The van der Waals surface area contributed by atoms with Crippen molar-refractivity contribution in [3.05, 3.63) is 65.3 Å². The molecule has 1 atom stereocenters. The number of amides is 1. The number of rotatable bonds is 11. The lowest BCUT2D eigenvalue weighted by molar-refractivity contribution is 0.0560. The highest BCUT2D eigenvalue weighted by Gasteiger charge is 2.51. The third kappa shape index (κ3) is 8.04. The first-order chi connectivity index (χ1) is 21.2. The number of carbonyl (C=O) groups excluding carboxylic acids is 1. The van der Waals surface area contributed by atoms with E-state index in [1.54, 1.807) is 45.2 Å². The van der Waals surface area contributed by atoms with E-state index in [-0.39, 0.29) is 28.0 Å². The molecule has 1 unspecified atom stereocenters. The maximum absolute atomic E-state index is 13.7. The number of aliphatic hydroxyl groups is 1. The molecule has 3 saturated carbocycles. The van der Waals surface area contributed by atoms with E-state index in [0.29, 0.717) is 17.8 Å². The minimum atomic E-state index is -3.93. The molecule has 5 N–H and O–H groups in total. The molecule has 3 fully saturated rings. The highest BCUT2D eigenvalue weighted by molar-refractivity contribution is 7.89. The number of sulfonamides is 1. The van der Waals surface area contributed by atoms with Crippen LogP contribution in [0.4, 0.5) is 10.5 Å². The Hall–Kier alpha value is -3.03. The normalized spacial score (nSPS) is 22.3. The molecule has 2 aromatic carbocycles. The van der Waals surface area contributed by atoms with Crippen LogP contribution in [0.2, 0.25) is 0 Å². The van der Waals surface area contributed by atoms with Crippen LogP contribution in [0.1, 0.15) is 83.7 Å². The summed E-state index contributed by atoms with van der Waals surface area (Å²) in [4.78, 5) is 18.1. The molecule has 10 nitrogen and oxygen atoms in total. The van der Waals surface area contributed by atoms with Gasteiger partial charge in [0, 0.05) is 40.5 Å². The van der Waals surface area contributed by atoms with Crippen LogP contribution in [0.3, 0.4) is 0 Å². The Morgan fingerprint density at radius 3 is 2.33 bits per heavy atom. The second-order valence-corrected chi connectivity index (χ2v) is 16.3. The van der Waals surface area contributed by atoms with Crippen molar-refractivity contribution in [2.75, 3.05) is 5.32 Å². The zero-order valence-electron chi connectivity index (χ0n) is 26.6. The zero-order valence-corrected chi connectivity index (χ0v) is 28.3. The first-order valence-corrected chi connectivity index (χ1v) is 17.8. The van der Waals surface area contributed by atoms with Crippen LogP contribution in [0, 0.1) is 0 Å². The van der Waals surface area contributed by atoms with E-state index < -0.39 is 21.9 Å². The SMILES string of the molecule is CC(C)OC(=O)NC12CCC(c3ncc(-c4ccc(NC(O)NCc5ccccc5)cc4S(=O)(=O)NC(C)(C)C)s3)(CC1)CC2. The molecule has 0 saturated heterocycles. The van der Waals surface area contributed by atoms with E-state index in [0.717, 1.165) is 54.0 Å². The summed E-state index contributed by atoms with van der Waals surface area (Å²) < 4.78 is 35.6. The molecule has 3 aromatic rings. The number of nitrogens with one attached hydrogen (secondary N) is 4. The third-order valence-corrected chi connectivity index (χ3v) is 11.6. The van der Waals surface area contributed by atoms with Crippen molar-refractivity contribution in [1.29, 1.82) is 0 Å². The molecule has 45 heavy (non-hydrogen) atoms. The van der Waals surface area contributed by atoms with Gasteiger partial charge >= 0.3 is 6.09 Å². The van der Waals surface area contributed by atoms with Crippen LogP contribution in [0.15, 0.2) is 59.6 Å². The number of fused-ring (bicyclic) bond motifs is 3.